The van der Waals surface area contributed by atoms with Gasteiger partial charge in [0.2, 0.25) is 0 Å². The van der Waals surface area contributed by atoms with E-state index in [1.54, 1.807) is 19.3 Å². The minimum absolute atomic E-state index is 0.709. The maximum Gasteiger partial charge on any atom is 0.0103 e. The number of nitrogens with one attached hydrogen (secondary N) is 1. The van der Waals surface area contributed by atoms with Crippen molar-refractivity contribution in [1.82, 2.24) is 5.43 Å². The average molecular weight is 194 g/mol. The predicted molar refractivity (Wildman–Crippen MR) is 57.4 cm³/mol. The minimum atomic E-state index is 0.709. The van der Waals surface area contributed by atoms with E-state index in [9.17, 15) is 0 Å². The molecule has 2 nitrogen and oxygen atoms in total. The Hall–Kier alpha value is -0.0800. The van der Waals surface area contributed by atoms with E-state index in [0.29, 0.717) is 5.41 Å². The first kappa shape index (κ1) is 9.17. The van der Waals surface area contributed by atoms with Gasteiger partial charge in [0, 0.05) is 6.54 Å². The lowest BCUT2D eigenvalue weighted by atomic mass is 9.49. The molecule has 4 rings (SSSR count). The summed E-state index contributed by atoms with van der Waals surface area (Å²) in [6.45, 7) is 1.02. The molecule has 0 spiro atoms. The van der Waals surface area contributed by atoms with Crippen molar-refractivity contribution in [3.8, 4) is 0 Å². The molecule has 0 aromatic carbocycles. The van der Waals surface area contributed by atoms with Crippen LogP contribution in [0.25, 0.3) is 0 Å². The minimum Gasteiger partial charge on any atom is -0.271 e. The van der Waals surface area contributed by atoms with Gasteiger partial charge >= 0.3 is 0 Å². The lowest BCUT2D eigenvalue weighted by molar-refractivity contribution is -0.0567. The molecule has 0 atom stereocenters. The summed E-state index contributed by atoms with van der Waals surface area (Å²) in [6.07, 6.45) is 10.5. The summed E-state index contributed by atoms with van der Waals surface area (Å²) in [5, 5.41) is 0. The number of rotatable bonds is 3. The van der Waals surface area contributed by atoms with E-state index in [0.717, 1.165) is 24.3 Å². The number of hydrazine groups is 1. The molecule has 0 aliphatic heterocycles. The van der Waals surface area contributed by atoms with Crippen LogP contribution in [0.15, 0.2) is 0 Å². The van der Waals surface area contributed by atoms with Gasteiger partial charge in [-0.05, 0) is 68.1 Å². The molecule has 4 aliphatic carbocycles. The van der Waals surface area contributed by atoms with Gasteiger partial charge in [-0.15, -0.1) is 0 Å². The monoisotopic (exact) mass is 194 g/mol. The highest BCUT2D eigenvalue weighted by Gasteiger charge is 2.50. The maximum atomic E-state index is 5.41. The van der Waals surface area contributed by atoms with Crippen LogP contribution in [0.2, 0.25) is 0 Å². The first-order valence-corrected chi connectivity index (χ1v) is 6.23. The van der Waals surface area contributed by atoms with Crippen molar-refractivity contribution in [2.45, 2.75) is 44.9 Å². The molecule has 4 aliphatic rings. The molecule has 4 bridgehead atoms. The average Bonchev–Trinajstić information content (AvgIpc) is 2.12. The van der Waals surface area contributed by atoms with E-state index in [1.165, 1.54) is 25.7 Å². The second kappa shape index (κ2) is 3.21. The van der Waals surface area contributed by atoms with Crippen LogP contribution in [-0.4, -0.2) is 6.54 Å². The maximum absolute atomic E-state index is 5.41. The van der Waals surface area contributed by atoms with E-state index in [1.807, 2.05) is 0 Å². The zero-order valence-electron chi connectivity index (χ0n) is 8.97. The summed E-state index contributed by atoms with van der Waals surface area (Å²) in [7, 11) is 0. The first-order valence-electron chi connectivity index (χ1n) is 6.23. The topological polar surface area (TPSA) is 38.0 Å². The predicted octanol–water partition coefficient (Wildman–Crippen LogP) is 2.06. The van der Waals surface area contributed by atoms with Crippen LogP contribution >= 0.6 is 0 Å². The Bertz CT molecular complexity index is 189. The summed E-state index contributed by atoms with van der Waals surface area (Å²) < 4.78 is 0. The second-order valence-electron chi connectivity index (χ2n) is 6.12. The number of nitrogens with two attached hydrogens (primary N) is 1. The molecule has 4 fully saturated rings. The molecule has 0 unspecified atom stereocenters. The summed E-state index contributed by atoms with van der Waals surface area (Å²) >= 11 is 0. The van der Waals surface area contributed by atoms with Crippen LogP contribution in [0, 0.1) is 23.2 Å². The largest absolute Gasteiger partial charge is 0.271 e. The molecule has 3 N–H and O–H groups in total. The Labute approximate surface area is 86.6 Å². The summed E-state index contributed by atoms with van der Waals surface area (Å²) in [5.41, 5.74) is 3.55. The molecule has 0 saturated heterocycles. The Balaban J connectivity index is 1.74. The van der Waals surface area contributed by atoms with Crippen LogP contribution < -0.4 is 11.3 Å². The van der Waals surface area contributed by atoms with E-state index in [4.69, 9.17) is 5.84 Å². The van der Waals surface area contributed by atoms with Crippen LogP contribution in [0.1, 0.15) is 44.9 Å². The fourth-order valence-corrected chi connectivity index (χ4v) is 4.93. The fraction of sp³-hybridized carbons (Fsp3) is 1.00. The van der Waals surface area contributed by atoms with Crippen molar-refractivity contribution in [1.29, 1.82) is 0 Å². The van der Waals surface area contributed by atoms with Gasteiger partial charge in [-0.3, -0.25) is 11.3 Å². The third-order valence-corrected chi connectivity index (χ3v) is 4.96. The van der Waals surface area contributed by atoms with Gasteiger partial charge in [0.1, 0.15) is 0 Å². The van der Waals surface area contributed by atoms with Crippen LogP contribution in [0.5, 0.6) is 0 Å². The second-order valence-corrected chi connectivity index (χ2v) is 6.12. The Morgan fingerprint density at radius 2 is 1.50 bits per heavy atom. The normalized spacial score (nSPS) is 49.9. The Kier molecular flexibility index (Phi) is 2.10. The summed E-state index contributed by atoms with van der Waals surface area (Å²) in [6, 6.07) is 0. The molecule has 2 heteroatoms. The van der Waals surface area contributed by atoms with E-state index >= 15 is 0 Å². The highest BCUT2D eigenvalue weighted by atomic mass is 15.2. The van der Waals surface area contributed by atoms with Crippen LogP contribution in [0.4, 0.5) is 0 Å². The quantitative estimate of drug-likeness (QED) is 0.533. The highest BCUT2D eigenvalue weighted by Crippen LogP contribution is 2.61. The standard InChI is InChI=1S/C12H22N2/c13-14-2-1-12-6-9-3-10(7-12)5-11(4-9)8-12/h9-11,14H,1-8,13H2. The molecule has 0 radical (unpaired) electrons. The van der Waals surface area contributed by atoms with Gasteiger partial charge in [-0.25, -0.2) is 0 Å². The van der Waals surface area contributed by atoms with E-state index in [2.05, 4.69) is 5.43 Å². The van der Waals surface area contributed by atoms with Gasteiger partial charge < -0.3 is 0 Å². The molecule has 0 aromatic heterocycles. The molecule has 14 heavy (non-hydrogen) atoms. The van der Waals surface area contributed by atoms with Crippen molar-refractivity contribution < 1.29 is 0 Å². The molecule has 4 saturated carbocycles. The summed E-state index contributed by atoms with van der Waals surface area (Å²) in [4.78, 5) is 0. The van der Waals surface area contributed by atoms with Crippen molar-refractivity contribution in [2.24, 2.45) is 29.0 Å². The van der Waals surface area contributed by atoms with Crippen molar-refractivity contribution in [3.05, 3.63) is 0 Å². The lowest BCUT2D eigenvalue weighted by Crippen LogP contribution is -2.47. The SMILES string of the molecule is NNCCC12CC3CC(CC(C3)C1)C2. The van der Waals surface area contributed by atoms with Crippen molar-refractivity contribution in [3.63, 3.8) is 0 Å². The van der Waals surface area contributed by atoms with E-state index in [-0.39, 0.29) is 0 Å². The zero-order chi connectivity index (χ0) is 9.60. The van der Waals surface area contributed by atoms with E-state index < -0.39 is 0 Å². The molecular formula is C12H22N2. The first-order chi connectivity index (χ1) is 6.80. The lowest BCUT2D eigenvalue weighted by Gasteiger charge is -2.57. The highest BCUT2D eigenvalue weighted by molar-refractivity contribution is 5.01. The van der Waals surface area contributed by atoms with Crippen LogP contribution in [-0.2, 0) is 0 Å². The Morgan fingerprint density at radius 1 is 1.00 bits per heavy atom. The summed E-state index contributed by atoms with van der Waals surface area (Å²) in [5.74, 6) is 8.66. The van der Waals surface area contributed by atoms with Gasteiger partial charge in [0.25, 0.3) is 0 Å². The third kappa shape index (κ3) is 1.40. The van der Waals surface area contributed by atoms with Gasteiger partial charge in [-0.1, -0.05) is 0 Å². The molecule has 0 heterocycles. The molecule has 80 valence electrons. The molecular weight excluding hydrogens is 172 g/mol. The van der Waals surface area contributed by atoms with Crippen molar-refractivity contribution >= 4 is 0 Å². The Morgan fingerprint density at radius 3 is 1.93 bits per heavy atom. The molecule has 0 aromatic rings. The van der Waals surface area contributed by atoms with Gasteiger partial charge in [-0.2, -0.15) is 0 Å². The fourth-order valence-electron chi connectivity index (χ4n) is 4.93. The molecule has 0 amide bonds. The van der Waals surface area contributed by atoms with Gasteiger partial charge in [0.15, 0.2) is 0 Å². The third-order valence-electron chi connectivity index (χ3n) is 4.96. The zero-order valence-corrected chi connectivity index (χ0v) is 8.97. The van der Waals surface area contributed by atoms with Gasteiger partial charge in [0.05, 0.1) is 0 Å². The van der Waals surface area contributed by atoms with Crippen LogP contribution in [0.3, 0.4) is 0 Å². The van der Waals surface area contributed by atoms with Crippen molar-refractivity contribution in [2.75, 3.05) is 6.54 Å². The number of hydrogen-bond acceptors (Lipinski definition) is 2. The smallest absolute Gasteiger partial charge is 0.0103 e. The number of hydrogen-bond donors (Lipinski definition) is 2.